The van der Waals surface area contributed by atoms with Gasteiger partial charge in [-0.3, -0.25) is 4.79 Å². The average Bonchev–Trinajstić information content (AvgIpc) is 2.09. The number of primary sulfonamides is 1. The molecule has 0 aromatic carbocycles. The lowest BCUT2D eigenvalue weighted by atomic mass is 10.1. The maximum Gasteiger partial charge on any atom is 0.234 e. The summed E-state index contributed by atoms with van der Waals surface area (Å²) in [4.78, 5) is 11.1. The smallest absolute Gasteiger partial charge is 0.234 e. The Kier molecular flexibility index (Phi) is 6.38. The van der Waals surface area contributed by atoms with Crippen molar-refractivity contribution in [2.45, 2.75) is 25.1 Å². The molecule has 0 bridgehead atoms. The number of amides is 1. The molecule has 0 saturated carbocycles. The highest BCUT2D eigenvalue weighted by atomic mass is 79.9. The number of alkyl halides is 1. The molecule has 90 valence electrons. The number of hydrogen-bond acceptors (Lipinski definition) is 3. The van der Waals surface area contributed by atoms with E-state index in [4.69, 9.17) is 5.14 Å². The topological polar surface area (TPSA) is 89.3 Å². The second-order valence-electron chi connectivity index (χ2n) is 3.66. The van der Waals surface area contributed by atoms with E-state index >= 15 is 0 Å². The second-order valence-corrected chi connectivity index (χ2v) is 6.38. The summed E-state index contributed by atoms with van der Waals surface area (Å²) < 4.78 is 21.1. The van der Waals surface area contributed by atoms with E-state index in [2.05, 4.69) is 21.2 Å². The van der Waals surface area contributed by atoms with E-state index in [0.717, 1.165) is 0 Å². The highest BCUT2D eigenvalue weighted by molar-refractivity contribution is 9.10. The third-order valence-corrected chi connectivity index (χ3v) is 4.07. The molecule has 7 heteroatoms. The van der Waals surface area contributed by atoms with Gasteiger partial charge in [0.05, 0.1) is 10.6 Å². The number of halogens is 1. The van der Waals surface area contributed by atoms with Crippen molar-refractivity contribution in [3.8, 4) is 0 Å². The van der Waals surface area contributed by atoms with Crippen molar-refractivity contribution >= 4 is 31.9 Å². The minimum absolute atomic E-state index is 0.109. The Balaban J connectivity index is 3.74. The predicted molar refractivity (Wildman–Crippen MR) is 63.2 cm³/mol. The van der Waals surface area contributed by atoms with Gasteiger partial charge in [0, 0.05) is 6.54 Å². The minimum Gasteiger partial charge on any atom is -0.355 e. The summed E-state index contributed by atoms with van der Waals surface area (Å²) in [5.74, 6) is -0.0373. The average molecular weight is 301 g/mol. The maximum absolute atomic E-state index is 11.4. The van der Waals surface area contributed by atoms with Crippen LogP contribution >= 0.6 is 15.9 Å². The van der Waals surface area contributed by atoms with Crippen molar-refractivity contribution in [3.05, 3.63) is 0 Å². The molecule has 0 aliphatic carbocycles. The van der Waals surface area contributed by atoms with Gasteiger partial charge in [-0.2, -0.15) is 0 Å². The van der Waals surface area contributed by atoms with Crippen LogP contribution in [-0.2, 0) is 14.8 Å². The van der Waals surface area contributed by atoms with Crippen molar-refractivity contribution in [2.75, 3.05) is 12.3 Å². The van der Waals surface area contributed by atoms with Gasteiger partial charge in [0.1, 0.15) is 0 Å². The Morgan fingerprint density at radius 2 is 2.00 bits per heavy atom. The third-order valence-electron chi connectivity index (χ3n) is 1.74. The van der Waals surface area contributed by atoms with E-state index in [1.807, 2.05) is 13.8 Å². The fourth-order valence-corrected chi connectivity index (χ4v) is 1.59. The van der Waals surface area contributed by atoms with Gasteiger partial charge in [0.15, 0.2) is 0 Å². The van der Waals surface area contributed by atoms with E-state index in [1.54, 1.807) is 0 Å². The first-order valence-corrected chi connectivity index (χ1v) is 7.29. The van der Waals surface area contributed by atoms with Crippen LogP contribution in [0.1, 0.15) is 20.3 Å². The van der Waals surface area contributed by atoms with Crippen LogP contribution < -0.4 is 10.5 Å². The van der Waals surface area contributed by atoms with Gasteiger partial charge >= 0.3 is 0 Å². The Hall–Kier alpha value is -0.140. The van der Waals surface area contributed by atoms with Crippen LogP contribution in [-0.4, -0.2) is 31.4 Å². The van der Waals surface area contributed by atoms with Gasteiger partial charge in [0.2, 0.25) is 15.9 Å². The van der Waals surface area contributed by atoms with Crippen molar-refractivity contribution in [1.29, 1.82) is 0 Å². The molecule has 0 aromatic rings. The zero-order chi connectivity index (χ0) is 12.1. The number of carbonyl (C=O) groups is 1. The Bertz CT molecular complexity index is 303. The summed E-state index contributed by atoms with van der Waals surface area (Å²) >= 11 is 3.24. The highest BCUT2D eigenvalue weighted by Crippen LogP contribution is 2.11. The largest absolute Gasteiger partial charge is 0.355 e. The van der Waals surface area contributed by atoms with Crippen LogP contribution in [0.15, 0.2) is 0 Å². The summed E-state index contributed by atoms with van der Waals surface area (Å²) in [5.41, 5.74) is 0. The van der Waals surface area contributed by atoms with Crippen molar-refractivity contribution in [2.24, 2.45) is 11.1 Å². The van der Waals surface area contributed by atoms with Crippen LogP contribution in [0.3, 0.4) is 0 Å². The van der Waals surface area contributed by atoms with E-state index in [0.29, 0.717) is 13.0 Å². The van der Waals surface area contributed by atoms with Gasteiger partial charge in [0.25, 0.3) is 0 Å². The van der Waals surface area contributed by atoms with Crippen LogP contribution in [0.25, 0.3) is 0 Å². The lowest BCUT2D eigenvalue weighted by molar-refractivity contribution is -0.121. The molecule has 0 fully saturated rings. The molecule has 1 atom stereocenters. The molecule has 1 unspecified atom stereocenters. The molecule has 0 aliphatic heterocycles. The standard InChI is InChI=1S/C8H17BrN2O3S/c1-6(2)7(9)8(12)11-4-3-5-15(10,13)14/h6-7H,3-5H2,1-2H3,(H,11,12)(H2,10,13,14). The molecular weight excluding hydrogens is 284 g/mol. The molecule has 3 N–H and O–H groups in total. The quantitative estimate of drug-likeness (QED) is 0.542. The molecule has 0 rings (SSSR count). The Labute approximate surface area is 99.0 Å². The first-order valence-electron chi connectivity index (χ1n) is 4.66. The van der Waals surface area contributed by atoms with Crippen molar-refractivity contribution < 1.29 is 13.2 Å². The van der Waals surface area contributed by atoms with Gasteiger partial charge in [-0.25, -0.2) is 13.6 Å². The Morgan fingerprint density at radius 3 is 2.40 bits per heavy atom. The van der Waals surface area contributed by atoms with E-state index in [1.165, 1.54) is 0 Å². The van der Waals surface area contributed by atoms with Crippen LogP contribution in [0.2, 0.25) is 0 Å². The normalized spacial score (nSPS) is 13.9. The number of carbonyl (C=O) groups excluding carboxylic acids is 1. The molecular formula is C8H17BrN2O3S. The first-order chi connectivity index (χ1) is 6.74. The molecule has 5 nitrogen and oxygen atoms in total. The lowest BCUT2D eigenvalue weighted by Crippen LogP contribution is -2.35. The summed E-state index contributed by atoms with van der Waals surface area (Å²) in [5, 5.41) is 7.44. The first kappa shape index (κ1) is 14.9. The fraction of sp³-hybridized carbons (Fsp3) is 0.875. The van der Waals surface area contributed by atoms with Gasteiger partial charge in [-0.1, -0.05) is 29.8 Å². The number of hydrogen-bond donors (Lipinski definition) is 2. The predicted octanol–water partition coefficient (Wildman–Crippen LogP) is 0.201. The highest BCUT2D eigenvalue weighted by Gasteiger charge is 2.17. The summed E-state index contributed by atoms with van der Waals surface area (Å²) in [7, 11) is -3.42. The summed E-state index contributed by atoms with van der Waals surface area (Å²) in [6.07, 6.45) is 0.336. The monoisotopic (exact) mass is 300 g/mol. The molecule has 0 aromatic heterocycles. The van der Waals surface area contributed by atoms with E-state index < -0.39 is 10.0 Å². The number of sulfonamides is 1. The molecule has 0 aliphatic rings. The van der Waals surface area contributed by atoms with Gasteiger partial charge in [-0.15, -0.1) is 0 Å². The van der Waals surface area contributed by atoms with E-state index in [9.17, 15) is 13.2 Å². The van der Waals surface area contributed by atoms with Crippen LogP contribution in [0, 0.1) is 5.92 Å². The van der Waals surface area contributed by atoms with Crippen LogP contribution in [0.5, 0.6) is 0 Å². The Morgan fingerprint density at radius 1 is 1.47 bits per heavy atom. The zero-order valence-electron chi connectivity index (χ0n) is 8.86. The maximum atomic E-state index is 11.4. The molecule has 0 heterocycles. The zero-order valence-corrected chi connectivity index (χ0v) is 11.3. The van der Waals surface area contributed by atoms with Gasteiger partial charge in [-0.05, 0) is 12.3 Å². The molecule has 0 radical (unpaired) electrons. The molecule has 0 spiro atoms. The number of rotatable bonds is 6. The van der Waals surface area contributed by atoms with Crippen molar-refractivity contribution in [3.63, 3.8) is 0 Å². The van der Waals surface area contributed by atoms with Crippen LogP contribution in [0.4, 0.5) is 0 Å². The minimum atomic E-state index is -3.42. The third kappa shape index (κ3) is 7.75. The second kappa shape index (κ2) is 6.44. The number of nitrogens with two attached hydrogens (primary N) is 1. The summed E-state index contributed by atoms with van der Waals surface area (Å²) in [6.45, 7) is 4.16. The van der Waals surface area contributed by atoms with Gasteiger partial charge < -0.3 is 5.32 Å². The molecule has 1 amide bonds. The van der Waals surface area contributed by atoms with E-state index in [-0.39, 0.29) is 22.4 Å². The van der Waals surface area contributed by atoms with Crippen molar-refractivity contribution in [1.82, 2.24) is 5.32 Å². The number of nitrogens with one attached hydrogen (secondary N) is 1. The lowest BCUT2D eigenvalue weighted by Gasteiger charge is -2.13. The summed E-state index contributed by atoms with van der Waals surface area (Å²) in [6, 6.07) is 0. The molecule has 15 heavy (non-hydrogen) atoms. The fourth-order valence-electron chi connectivity index (χ4n) is 0.885. The SMILES string of the molecule is CC(C)C(Br)C(=O)NCCCS(N)(=O)=O. The molecule has 0 saturated heterocycles.